The summed E-state index contributed by atoms with van der Waals surface area (Å²) in [4.78, 5) is 44.6. The van der Waals surface area contributed by atoms with E-state index in [1.165, 1.54) is 76.4 Å². The molecule has 4 rings (SSSR count). The number of carbonyl (C=O) groups is 4. The molecule has 12 nitrogen and oxygen atoms in total. The van der Waals surface area contributed by atoms with Gasteiger partial charge in [-0.15, -0.1) is 0 Å². The van der Waals surface area contributed by atoms with Gasteiger partial charge in [0.2, 0.25) is 0 Å². The molecule has 0 saturated carbocycles. The average molecular weight is 1010 g/mol. The Labute approximate surface area is 433 Å². The maximum absolute atomic E-state index is 11.4. The van der Waals surface area contributed by atoms with Crippen LogP contribution in [0.2, 0.25) is 0 Å². The molecular formula is C60H92O12. The first-order chi connectivity index (χ1) is 34.1. The molecule has 1 N–H and O–H groups in total. The number of esters is 3. The smallest absolute Gasteiger partial charge is 0.308 e. The Morgan fingerprint density at radius 1 is 0.556 bits per heavy atom. The van der Waals surface area contributed by atoms with Crippen molar-refractivity contribution in [2.24, 2.45) is 21.7 Å². The van der Waals surface area contributed by atoms with Gasteiger partial charge in [-0.1, -0.05) is 157 Å². The zero-order valence-electron chi connectivity index (χ0n) is 46.2. The normalized spacial score (nSPS) is 15.1. The van der Waals surface area contributed by atoms with Gasteiger partial charge in [-0.05, 0) is 68.0 Å². The number of ether oxygens (including phenoxy) is 7. The van der Waals surface area contributed by atoms with Gasteiger partial charge in [0.1, 0.15) is 23.0 Å². The van der Waals surface area contributed by atoms with E-state index < -0.39 is 5.97 Å². The fourth-order valence-corrected chi connectivity index (χ4v) is 10.2. The van der Waals surface area contributed by atoms with Gasteiger partial charge in [0.25, 0.3) is 0 Å². The minimum atomic E-state index is -0.696. The molecule has 0 aromatic heterocycles. The number of carboxylic acids is 1. The number of carbonyl (C=O) groups excluding carboxylic acids is 3. The number of aliphatic carboxylic acids is 1. The molecule has 0 fully saturated rings. The summed E-state index contributed by atoms with van der Waals surface area (Å²) < 4.78 is 40.2. The highest BCUT2D eigenvalue weighted by atomic mass is 16.5. The van der Waals surface area contributed by atoms with E-state index in [1.807, 2.05) is 43.3 Å². The van der Waals surface area contributed by atoms with Crippen molar-refractivity contribution in [3.8, 4) is 11.5 Å². The van der Waals surface area contributed by atoms with Crippen LogP contribution in [0.5, 0.6) is 11.5 Å². The molecule has 0 radical (unpaired) electrons. The lowest BCUT2D eigenvalue weighted by molar-refractivity contribution is -0.143. The number of rotatable bonds is 33. The molecule has 0 saturated heterocycles. The first-order valence-corrected chi connectivity index (χ1v) is 27.0. The van der Waals surface area contributed by atoms with Gasteiger partial charge in [0.05, 0.1) is 33.0 Å². The van der Waals surface area contributed by atoms with E-state index in [2.05, 4.69) is 55.4 Å². The van der Waals surface area contributed by atoms with E-state index >= 15 is 0 Å². The highest BCUT2D eigenvalue weighted by Gasteiger charge is 2.45. The summed E-state index contributed by atoms with van der Waals surface area (Å²) >= 11 is 0. The van der Waals surface area contributed by atoms with E-state index in [-0.39, 0.29) is 46.0 Å². The zero-order chi connectivity index (χ0) is 53.2. The summed E-state index contributed by atoms with van der Waals surface area (Å²) in [5.41, 5.74) is 3.67. The average Bonchev–Trinajstić information content (AvgIpc) is 3.82. The molecule has 2 heterocycles. The predicted octanol–water partition coefficient (Wildman–Crippen LogP) is 14.5. The van der Waals surface area contributed by atoms with Crippen molar-refractivity contribution in [2.75, 3.05) is 46.2 Å². The highest BCUT2D eigenvalue weighted by molar-refractivity contribution is 5.73. The lowest BCUT2D eigenvalue weighted by Crippen LogP contribution is -2.31. The maximum Gasteiger partial charge on any atom is 0.308 e. The Morgan fingerprint density at radius 3 is 1.28 bits per heavy atom. The summed E-state index contributed by atoms with van der Waals surface area (Å²) in [6, 6.07) is 15.1. The van der Waals surface area contributed by atoms with Gasteiger partial charge >= 0.3 is 23.9 Å². The third-order valence-corrected chi connectivity index (χ3v) is 13.1. The largest absolute Gasteiger partial charge is 0.492 e. The standard InChI is InChI=1S/C31H48O6.C29H44O6/c1-7-35-27(33)19-14-12-10-8-9-11-13-15-20-34-22-30(3,4)29-28(36-23-31(29,5)6)25-17-16-18-26(21-25)37-24(2)32;1-22(30)35-24-16-14-15-23(19-24)26-27(29(4,5)21-34-26)28(2,3)20-33-18-13-11-9-7-6-8-10-12-17-25(31)32/h16-18,21H,7-15,19-20,22-23H2,1-6H3;14-16,19H,6-13,17-18,20-21H2,1-5H3,(H,31,32). The van der Waals surface area contributed by atoms with Crippen molar-refractivity contribution >= 4 is 35.4 Å². The number of hydrogen-bond acceptors (Lipinski definition) is 11. The van der Waals surface area contributed by atoms with Crippen molar-refractivity contribution < 1.29 is 57.4 Å². The second-order valence-corrected chi connectivity index (χ2v) is 22.2. The summed E-state index contributed by atoms with van der Waals surface area (Å²) in [5, 5.41) is 8.66. The number of benzene rings is 2. The quantitative estimate of drug-likeness (QED) is 0.0411. The van der Waals surface area contributed by atoms with E-state index in [1.54, 1.807) is 12.1 Å². The van der Waals surface area contributed by atoms with Crippen LogP contribution in [-0.2, 0) is 42.9 Å². The van der Waals surface area contributed by atoms with Crippen LogP contribution in [0, 0.1) is 21.7 Å². The van der Waals surface area contributed by atoms with Gasteiger partial charge in [-0.2, -0.15) is 0 Å². The van der Waals surface area contributed by atoms with Crippen molar-refractivity contribution in [3.63, 3.8) is 0 Å². The lowest BCUT2D eigenvalue weighted by Gasteiger charge is -2.34. The second-order valence-electron chi connectivity index (χ2n) is 22.2. The fraction of sp³-hybridized carbons (Fsp3) is 0.667. The SMILES string of the molecule is CC(=O)Oc1cccc(C2=C(C(C)(C)COCCCCCCCCCCC(=O)O)C(C)(C)CO2)c1.CCOC(=O)CCCCCCCCCCOCC(C)(C)C1=C(c2cccc(OC(C)=O)c2)OCC1(C)C. The van der Waals surface area contributed by atoms with Crippen LogP contribution in [0.25, 0.3) is 11.5 Å². The molecule has 2 aromatic rings. The molecule has 0 bridgehead atoms. The molecule has 0 aliphatic carbocycles. The van der Waals surface area contributed by atoms with Crippen LogP contribution in [0.4, 0.5) is 0 Å². The molecule has 2 aliphatic heterocycles. The van der Waals surface area contributed by atoms with Crippen LogP contribution in [0.15, 0.2) is 59.7 Å². The van der Waals surface area contributed by atoms with Gasteiger partial charge in [-0.3, -0.25) is 19.2 Å². The first-order valence-electron chi connectivity index (χ1n) is 27.0. The monoisotopic (exact) mass is 1000 g/mol. The predicted molar refractivity (Wildman–Crippen MR) is 285 cm³/mol. The summed E-state index contributed by atoms with van der Waals surface area (Å²) in [7, 11) is 0. The molecule has 2 aromatic carbocycles. The summed E-state index contributed by atoms with van der Waals surface area (Å²) in [6.45, 7) is 26.8. The van der Waals surface area contributed by atoms with Gasteiger partial charge in [0.15, 0.2) is 0 Å². The Hall–Kier alpha value is -4.68. The Morgan fingerprint density at radius 2 is 0.917 bits per heavy atom. The van der Waals surface area contributed by atoms with Crippen LogP contribution < -0.4 is 9.47 Å². The molecular weight excluding hydrogens is 913 g/mol. The molecule has 404 valence electrons. The zero-order valence-corrected chi connectivity index (χ0v) is 46.2. The van der Waals surface area contributed by atoms with E-state index in [4.69, 9.17) is 38.3 Å². The van der Waals surface area contributed by atoms with Crippen molar-refractivity contribution in [1.82, 2.24) is 0 Å². The Bertz CT molecular complexity index is 2060. The van der Waals surface area contributed by atoms with Crippen LogP contribution >= 0.6 is 0 Å². The number of carboxylic acid groups (broad SMARTS) is 1. The molecule has 0 amide bonds. The first kappa shape index (κ1) is 61.6. The molecule has 12 heteroatoms. The molecule has 0 unspecified atom stereocenters. The molecule has 0 spiro atoms. The van der Waals surface area contributed by atoms with E-state index in [9.17, 15) is 19.2 Å². The Kier molecular flexibility index (Phi) is 26.7. The minimum absolute atomic E-state index is 0.0734. The molecule has 0 atom stereocenters. The van der Waals surface area contributed by atoms with Crippen LogP contribution in [0.1, 0.15) is 203 Å². The highest BCUT2D eigenvalue weighted by Crippen LogP contribution is 2.51. The topological polar surface area (TPSA) is 153 Å². The number of unbranched alkanes of at least 4 members (excludes halogenated alkanes) is 14. The van der Waals surface area contributed by atoms with Crippen LogP contribution in [0.3, 0.4) is 0 Å². The van der Waals surface area contributed by atoms with Gasteiger partial charge < -0.3 is 38.3 Å². The fourth-order valence-electron chi connectivity index (χ4n) is 10.2. The second kappa shape index (κ2) is 31.1. The van der Waals surface area contributed by atoms with Crippen molar-refractivity contribution in [1.29, 1.82) is 0 Å². The van der Waals surface area contributed by atoms with Crippen molar-refractivity contribution in [3.05, 3.63) is 70.8 Å². The van der Waals surface area contributed by atoms with Gasteiger partial charge in [0, 0.05) is 72.7 Å². The number of hydrogen-bond donors (Lipinski definition) is 1. The van der Waals surface area contributed by atoms with Crippen LogP contribution in [-0.4, -0.2) is 75.2 Å². The summed E-state index contributed by atoms with van der Waals surface area (Å²) in [5.74, 6) is 1.33. The molecule has 72 heavy (non-hydrogen) atoms. The third-order valence-electron chi connectivity index (χ3n) is 13.1. The molecule has 2 aliphatic rings. The van der Waals surface area contributed by atoms with Crippen molar-refractivity contribution in [2.45, 2.75) is 192 Å². The minimum Gasteiger partial charge on any atom is -0.492 e. The van der Waals surface area contributed by atoms with E-state index in [0.29, 0.717) is 51.0 Å². The third kappa shape index (κ3) is 22.2. The maximum atomic E-state index is 11.4. The van der Waals surface area contributed by atoms with E-state index in [0.717, 1.165) is 87.2 Å². The van der Waals surface area contributed by atoms with Gasteiger partial charge in [-0.25, -0.2) is 0 Å². The lowest BCUT2D eigenvalue weighted by atomic mass is 9.70. The summed E-state index contributed by atoms with van der Waals surface area (Å²) in [6.07, 6.45) is 18.7. The Balaban J connectivity index is 0.000000381.